The van der Waals surface area contributed by atoms with Gasteiger partial charge >= 0.3 is 11.9 Å². The minimum atomic E-state index is -1.00. The highest BCUT2D eigenvalue weighted by Crippen LogP contribution is 2.31. The Balaban J connectivity index is 2.09. The highest BCUT2D eigenvalue weighted by atomic mass is 16.5. The van der Waals surface area contributed by atoms with Crippen molar-refractivity contribution < 1.29 is 24.5 Å². The second kappa shape index (κ2) is 6.02. The number of aromatic nitrogens is 1. The minimum absolute atomic E-state index is 0.184. The summed E-state index contributed by atoms with van der Waals surface area (Å²) in [5.74, 6) is -1.92. The number of hydrogen-bond acceptors (Lipinski definition) is 4. The van der Waals surface area contributed by atoms with Crippen molar-refractivity contribution >= 4 is 22.8 Å². The van der Waals surface area contributed by atoms with Crippen molar-refractivity contribution in [3.8, 4) is 0 Å². The summed E-state index contributed by atoms with van der Waals surface area (Å²) in [6.07, 6.45) is 1.77. The number of aliphatic carboxylic acids is 1. The van der Waals surface area contributed by atoms with Gasteiger partial charge in [-0.15, -0.1) is 0 Å². The van der Waals surface area contributed by atoms with Crippen LogP contribution >= 0.6 is 0 Å². The number of morpholine rings is 1. The third-order valence-corrected chi connectivity index (χ3v) is 4.21. The van der Waals surface area contributed by atoms with Crippen LogP contribution in [0.2, 0.25) is 0 Å². The molecular formula is C16H18N2O5. The van der Waals surface area contributed by atoms with Gasteiger partial charge in [-0.3, -0.25) is 9.69 Å². The number of nitrogens with zero attached hydrogens (tertiary/aromatic N) is 2. The molecule has 1 aromatic carbocycles. The molecule has 0 aliphatic carbocycles. The predicted octanol–water partition coefficient (Wildman–Crippen LogP) is 1.33. The molecule has 23 heavy (non-hydrogen) atoms. The largest absolute Gasteiger partial charge is 0.480 e. The first kappa shape index (κ1) is 15.5. The number of benzene rings is 1. The molecule has 2 heterocycles. The average molecular weight is 318 g/mol. The van der Waals surface area contributed by atoms with Crippen molar-refractivity contribution in [3.63, 3.8) is 0 Å². The molecule has 1 aliphatic rings. The zero-order valence-corrected chi connectivity index (χ0v) is 12.7. The number of carbonyl (C=O) groups is 2. The molecule has 1 aromatic heterocycles. The van der Waals surface area contributed by atoms with E-state index >= 15 is 0 Å². The molecule has 7 nitrogen and oxygen atoms in total. The Morgan fingerprint density at radius 2 is 1.91 bits per heavy atom. The number of fused-ring (bicyclic) bond motifs is 1. The Bertz CT molecular complexity index is 761. The molecule has 3 rings (SSSR count). The molecule has 0 spiro atoms. The fraction of sp³-hybridized carbons (Fsp3) is 0.375. The summed E-state index contributed by atoms with van der Waals surface area (Å²) in [4.78, 5) is 24.8. The van der Waals surface area contributed by atoms with Crippen molar-refractivity contribution in [2.75, 3.05) is 26.3 Å². The Labute approximate surface area is 132 Å². The lowest BCUT2D eigenvalue weighted by Gasteiger charge is -2.31. The van der Waals surface area contributed by atoms with Crippen LogP contribution in [-0.4, -0.2) is 57.9 Å². The van der Waals surface area contributed by atoms with Crippen LogP contribution in [0.15, 0.2) is 24.4 Å². The zero-order chi connectivity index (χ0) is 16.6. The Hall–Kier alpha value is -2.38. The van der Waals surface area contributed by atoms with E-state index in [9.17, 15) is 14.7 Å². The van der Waals surface area contributed by atoms with Gasteiger partial charge in [0, 0.05) is 42.8 Å². The lowest BCUT2D eigenvalue weighted by atomic mass is 10.0. The number of hydrogen-bond donors (Lipinski definition) is 2. The summed E-state index contributed by atoms with van der Waals surface area (Å²) in [7, 11) is 1.79. The molecule has 2 aromatic rings. The van der Waals surface area contributed by atoms with E-state index in [1.807, 2.05) is 4.90 Å². The third-order valence-electron chi connectivity index (χ3n) is 4.21. The van der Waals surface area contributed by atoms with E-state index in [1.165, 1.54) is 6.07 Å². The molecule has 2 N–H and O–H groups in total. The molecule has 1 saturated heterocycles. The van der Waals surface area contributed by atoms with Gasteiger partial charge in [0.15, 0.2) is 0 Å². The quantitative estimate of drug-likeness (QED) is 0.884. The summed E-state index contributed by atoms with van der Waals surface area (Å²) in [6.45, 7) is 2.14. The maximum Gasteiger partial charge on any atom is 0.335 e. The van der Waals surface area contributed by atoms with Gasteiger partial charge in [-0.25, -0.2) is 4.79 Å². The van der Waals surface area contributed by atoms with Crippen LogP contribution in [0, 0.1) is 0 Å². The normalized spacial score (nSPS) is 17.3. The molecular weight excluding hydrogens is 300 g/mol. The van der Waals surface area contributed by atoms with Gasteiger partial charge in [0.2, 0.25) is 0 Å². The number of carboxylic acids is 2. The number of carboxylic acid groups (broad SMARTS) is 2. The van der Waals surface area contributed by atoms with Crippen molar-refractivity contribution in [1.29, 1.82) is 0 Å². The lowest BCUT2D eigenvalue weighted by Crippen LogP contribution is -2.42. The fourth-order valence-electron chi connectivity index (χ4n) is 3.09. The van der Waals surface area contributed by atoms with E-state index in [0.717, 1.165) is 5.39 Å². The molecule has 0 saturated carbocycles. The van der Waals surface area contributed by atoms with E-state index < -0.39 is 18.0 Å². The van der Waals surface area contributed by atoms with E-state index in [4.69, 9.17) is 9.84 Å². The number of aryl methyl sites for hydroxylation is 1. The van der Waals surface area contributed by atoms with Crippen molar-refractivity contribution in [2.45, 2.75) is 6.04 Å². The van der Waals surface area contributed by atoms with Crippen molar-refractivity contribution in [2.24, 2.45) is 7.05 Å². The van der Waals surface area contributed by atoms with Crippen LogP contribution in [0.25, 0.3) is 10.9 Å². The standard InChI is InChI=1S/C16H18N2O5/c1-17-9-12(11-3-2-10(15(19)20)8-13(11)17)14(16(21)22)18-4-6-23-7-5-18/h2-3,8-9,14H,4-7H2,1H3,(H,19,20)(H,21,22)/t14-/m0/s1. The van der Waals surface area contributed by atoms with E-state index in [0.29, 0.717) is 37.4 Å². The van der Waals surface area contributed by atoms with Crippen LogP contribution in [0.5, 0.6) is 0 Å². The first-order chi connectivity index (χ1) is 11.0. The first-order valence-corrected chi connectivity index (χ1v) is 7.36. The highest BCUT2D eigenvalue weighted by molar-refractivity contribution is 5.96. The van der Waals surface area contributed by atoms with E-state index in [-0.39, 0.29) is 5.56 Å². The SMILES string of the molecule is Cn1cc([C@@H](C(=O)O)N2CCOCC2)c2ccc(C(=O)O)cc21. The molecule has 0 unspecified atom stereocenters. The molecule has 0 amide bonds. The predicted molar refractivity (Wildman–Crippen MR) is 82.6 cm³/mol. The summed E-state index contributed by atoms with van der Waals surface area (Å²) >= 11 is 0. The third kappa shape index (κ3) is 2.80. The van der Waals surface area contributed by atoms with Gasteiger partial charge in [-0.05, 0) is 12.1 Å². The molecule has 0 radical (unpaired) electrons. The zero-order valence-electron chi connectivity index (χ0n) is 12.7. The topological polar surface area (TPSA) is 92.0 Å². The highest BCUT2D eigenvalue weighted by Gasteiger charge is 2.31. The van der Waals surface area contributed by atoms with Crippen LogP contribution in [0.3, 0.4) is 0 Å². The maximum absolute atomic E-state index is 11.8. The summed E-state index contributed by atoms with van der Waals surface area (Å²) in [5, 5.41) is 19.6. The van der Waals surface area contributed by atoms with Crippen LogP contribution in [0.4, 0.5) is 0 Å². The molecule has 1 atom stereocenters. The Morgan fingerprint density at radius 3 is 2.52 bits per heavy atom. The molecule has 122 valence electrons. The molecule has 1 fully saturated rings. The number of rotatable bonds is 4. The average Bonchev–Trinajstić information content (AvgIpc) is 2.85. The Morgan fingerprint density at radius 1 is 1.22 bits per heavy atom. The van der Waals surface area contributed by atoms with E-state index in [2.05, 4.69) is 0 Å². The van der Waals surface area contributed by atoms with Gasteiger partial charge in [0.25, 0.3) is 0 Å². The van der Waals surface area contributed by atoms with Crippen LogP contribution < -0.4 is 0 Å². The summed E-state index contributed by atoms with van der Waals surface area (Å²) in [5.41, 5.74) is 1.57. The van der Waals surface area contributed by atoms with Crippen LogP contribution in [0.1, 0.15) is 22.0 Å². The number of aromatic carboxylic acids is 1. The fourth-order valence-corrected chi connectivity index (χ4v) is 3.09. The summed E-state index contributed by atoms with van der Waals surface area (Å²) < 4.78 is 7.07. The van der Waals surface area contributed by atoms with Gasteiger partial charge in [0.1, 0.15) is 6.04 Å². The van der Waals surface area contributed by atoms with Gasteiger partial charge < -0.3 is 19.5 Å². The van der Waals surface area contributed by atoms with Crippen LogP contribution in [-0.2, 0) is 16.6 Å². The summed E-state index contributed by atoms with van der Waals surface area (Å²) in [6, 6.07) is 3.99. The number of ether oxygens (including phenoxy) is 1. The smallest absolute Gasteiger partial charge is 0.335 e. The van der Waals surface area contributed by atoms with E-state index in [1.54, 1.807) is 29.9 Å². The van der Waals surface area contributed by atoms with Gasteiger partial charge in [0.05, 0.1) is 18.8 Å². The molecule has 1 aliphatic heterocycles. The van der Waals surface area contributed by atoms with Crippen molar-refractivity contribution in [1.82, 2.24) is 9.47 Å². The monoisotopic (exact) mass is 318 g/mol. The lowest BCUT2D eigenvalue weighted by molar-refractivity contribution is -0.145. The molecule has 0 bridgehead atoms. The Kier molecular flexibility index (Phi) is 4.06. The van der Waals surface area contributed by atoms with Gasteiger partial charge in [-0.2, -0.15) is 0 Å². The minimum Gasteiger partial charge on any atom is -0.480 e. The maximum atomic E-state index is 11.8. The molecule has 7 heteroatoms. The van der Waals surface area contributed by atoms with Gasteiger partial charge in [-0.1, -0.05) is 6.07 Å². The van der Waals surface area contributed by atoms with Crippen molar-refractivity contribution in [3.05, 3.63) is 35.5 Å². The second-order valence-corrected chi connectivity index (χ2v) is 5.62. The second-order valence-electron chi connectivity index (χ2n) is 5.62. The first-order valence-electron chi connectivity index (χ1n) is 7.36.